The average molecular weight is 388 g/mol. The molecule has 0 heterocycles. The first-order chi connectivity index (χ1) is 13.0. The van der Waals surface area contributed by atoms with Gasteiger partial charge in [0.15, 0.2) is 0 Å². The number of carbonyl (C=O) groups is 3. The van der Waals surface area contributed by atoms with Crippen LogP contribution in [0.4, 0.5) is 11.4 Å². The Hall–Kier alpha value is -3.00. The summed E-state index contributed by atoms with van der Waals surface area (Å²) in [5.41, 5.74) is 1.43. The molecule has 0 aliphatic heterocycles. The van der Waals surface area contributed by atoms with Crippen LogP contribution in [0.1, 0.15) is 17.3 Å². The van der Waals surface area contributed by atoms with Crippen molar-refractivity contribution >= 4 is 40.0 Å². The normalized spacial score (nSPS) is 11.3. The van der Waals surface area contributed by atoms with Crippen molar-refractivity contribution in [3.63, 3.8) is 0 Å². The molecule has 0 aromatic heterocycles. The summed E-state index contributed by atoms with van der Waals surface area (Å²) in [5.74, 6) is -1.93. The van der Waals surface area contributed by atoms with Crippen molar-refractivity contribution in [3.8, 4) is 0 Å². The quantitative estimate of drug-likeness (QED) is 0.675. The summed E-state index contributed by atoms with van der Waals surface area (Å²) in [7, 11) is -1.64. The monoisotopic (exact) mass is 388 g/mol. The Morgan fingerprint density at radius 1 is 0.852 bits per heavy atom. The van der Waals surface area contributed by atoms with Gasteiger partial charge >= 0.3 is 5.97 Å². The maximum Gasteiger partial charge on any atom is 0.338 e. The van der Waals surface area contributed by atoms with Gasteiger partial charge in [0.2, 0.25) is 11.8 Å². The van der Waals surface area contributed by atoms with Gasteiger partial charge < -0.3 is 15.4 Å². The van der Waals surface area contributed by atoms with Crippen LogP contribution in [0.3, 0.4) is 0 Å². The molecule has 0 radical (unpaired) electrons. The lowest BCUT2D eigenvalue weighted by atomic mass is 10.2. The van der Waals surface area contributed by atoms with E-state index in [1.54, 1.807) is 43.3 Å². The fourth-order valence-electron chi connectivity index (χ4n) is 2.16. The van der Waals surface area contributed by atoms with E-state index in [1.165, 1.54) is 12.1 Å². The van der Waals surface area contributed by atoms with Gasteiger partial charge in [-0.05, 0) is 43.3 Å². The fourth-order valence-corrected chi connectivity index (χ4v) is 2.99. The molecule has 0 fully saturated rings. The summed E-state index contributed by atoms with van der Waals surface area (Å²) < 4.78 is 16.9. The van der Waals surface area contributed by atoms with E-state index >= 15 is 0 Å². The molecule has 2 N–H and O–H groups in total. The summed E-state index contributed by atoms with van der Waals surface area (Å²) in [4.78, 5) is 35.4. The first-order valence-electron chi connectivity index (χ1n) is 8.25. The summed E-state index contributed by atoms with van der Waals surface area (Å²) in [6.07, 6.45) is 0. The Balaban J connectivity index is 1.80. The second-order valence-electron chi connectivity index (χ2n) is 5.49. The predicted molar refractivity (Wildman–Crippen MR) is 104 cm³/mol. The van der Waals surface area contributed by atoms with E-state index in [-0.39, 0.29) is 18.1 Å². The molecule has 2 aromatic rings. The predicted octanol–water partition coefficient (Wildman–Crippen LogP) is 2.19. The summed E-state index contributed by atoms with van der Waals surface area (Å²) >= 11 is 0. The lowest BCUT2D eigenvalue weighted by Gasteiger charge is -2.07. The van der Waals surface area contributed by atoms with E-state index in [0.29, 0.717) is 16.9 Å². The van der Waals surface area contributed by atoms with Gasteiger partial charge in [-0.3, -0.25) is 13.8 Å². The molecule has 0 aliphatic carbocycles. The zero-order chi connectivity index (χ0) is 19.6. The highest BCUT2D eigenvalue weighted by Gasteiger charge is 2.13. The molecule has 0 saturated carbocycles. The fraction of sp³-hybridized carbons (Fsp3) is 0.211. The first kappa shape index (κ1) is 20.3. The van der Waals surface area contributed by atoms with E-state index in [9.17, 15) is 18.6 Å². The number of ether oxygens (including phenoxy) is 1. The number of amides is 2. The third-order valence-electron chi connectivity index (χ3n) is 3.32. The summed E-state index contributed by atoms with van der Waals surface area (Å²) in [5, 5.41) is 5.19. The van der Waals surface area contributed by atoms with Crippen LogP contribution in [0.15, 0.2) is 54.6 Å². The van der Waals surface area contributed by atoms with E-state index < -0.39 is 28.6 Å². The second kappa shape index (κ2) is 10.2. The highest BCUT2D eigenvalue weighted by molar-refractivity contribution is 7.86. The third-order valence-corrected chi connectivity index (χ3v) is 4.49. The Morgan fingerprint density at radius 2 is 1.37 bits per heavy atom. The molecule has 2 aromatic carbocycles. The zero-order valence-electron chi connectivity index (χ0n) is 14.8. The third kappa shape index (κ3) is 7.02. The van der Waals surface area contributed by atoms with Crippen LogP contribution in [-0.4, -0.2) is 40.1 Å². The number of nitrogens with one attached hydrogen (secondary N) is 2. The van der Waals surface area contributed by atoms with Gasteiger partial charge in [0.05, 0.1) is 12.2 Å². The van der Waals surface area contributed by atoms with Crippen LogP contribution >= 0.6 is 0 Å². The number of hydrogen-bond acceptors (Lipinski definition) is 5. The van der Waals surface area contributed by atoms with Crippen molar-refractivity contribution in [3.05, 3.63) is 60.2 Å². The smallest absolute Gasteiger partial charge is 0.338 e. The number of carbonyl (C=O) groups excluding carboxylic acids is 3. The molecule has 7 nitrogen and oxygen atoms in total. The second-order valence-corrected chi connectivity index (χ2v) is 6.95. The molecule has 0 saturated heterocycles. The number of para-hydroxylation sites is 1. The largest absolute Gasteiger partial charge is 0.462 e. The zero-order valence-corrected chi connectivity index (χ0v) is 15.6. The molecule has 1 unspecified atom stereocenters. The maximum absolute atomic E-state index is 12.0. The van der Waals surface area contributed by atoms with Crippen LogP contribution in [0.25, 0.3) is 0 Å². The summed E-state index contributed by atoms with van der Waals surface area (Å²) in [6, 6.07) is 14.9. The minimum absolute atomic E-state index is 0.274. The van der Waals surface area contributed by atoms with Gasteiger partial charge in [-0.25, -0.2) is 4.79 Å². The van der Waals surface area contributed by atoms with E-state index in [2.05, 4.69) is 10.6 Å². The number of esters is 1. The highest BCUT2D eigenvalue weighted by atomic mass is 32.2. The van der Waals surface area contributed by atoms with Crippen LogP contribution in [-0.2, 0) is 25.1 Å². The lowest BCUT2D eigenvalue weighted by Crippen LogP contribution is -2.26. The van der Waals surface area contributed by atoms with E-state index in [4.69, 9.17) is 4.74 Å². The first-order valence-corrected chi connectivity index (χ1v) is 9.73. The van der Waals surface area contributed by atoms with Crippen LogP contribution in [0.2, 0.25) is 0 Å². The molecule has 2 rings (SSSR count). The van der Waals surface area contributed by atoms with E-state index in [0.717, 1.165) is 0 Å². The lowest BCUT2D eigenvalue weighted by molar-refractivity contribution is -0.114. The van der Waals surface area contributed by atoms with Gasteiger partial charge in [-0.2, -0.15) is 0 Å². The molecule has 0 bridgehead atoms. The number of benzene rings is 2. The van der Waals surface area contributed by atoms with Crippen LogP contribution in [0, 0.1) is 0 Å². The Morgan fingerprint density at radius 3 is 1.89 bits per heavy atom. The van der Waals surface area contributed by atoms with Crippen molar-refractivity contribution < 1.29 is 23.3 Å². The minimum atomic E-state index is -1.64. The molecule has 0 aliphatic rings. The topological polar surface area (TPSA) is 102 Å². The van der Waals surface area contributed by atoms with Gasteiger partial charge in [-0.15, -0.1) is 0 Å². The van der Waals surface area contributed by atoms with Gasteiger partial charge in [0.1, 0.15) is 11.5 Å². The van der Waals surface area contributed by atoms with Gasteiger partial charge in [0, 0.05) is 22.2 Å². The number of hydrogen-bond donors (Lipinski definition) is 2. The molecule has 8 heteroatoms. The Bertz CT molecular complexity index is 822. The van der Waals surface area contributed by atoms with Gasteiger partial charge in [-0.1, -0.05) is 18.2 Å². The molecule has 142 valence electrons. The molecule has 0 spiro atoms. The highest BCUT2D eigenvalue weighted by Crippen LogP contribution is 2.11. The number of rotatable bonds is 8. The van der Waals surface area contributed by atoms with Crippen LogP contribution in [0.5, 0.6) is 0 Å². The minimum Gasteiger partial charge on any atom is -0.462 e. The molecule has 1 atom stereocenters. The van der Waals surface area contributed by atoms with Crippen molar-refractivity contribution in [2.45, 2.75) is 6.92 Å². The summed E-state index contributed by atoms with van der Waals surface area (Å²) in [6.45, 7) is 1.99. The Kier molecular flexibility index (Phi) is 7.69. The molecular weight excluding hydrogens is 368 g/mol. The van der Waals surface area contributed by atoms with Gasteiger partial charge in [0.25, 0.3) is 0 Å². The molecular formula is C19H20N2O5S. The molecule has 27 heavy (non-hydrogen) atoms. The van der Waals surface area contributed by atoms with E-state index in [1.807, 2.05) is 6.07 Å². The van der Waals surface area contributed by atoms with Crippen molar-refractivity contribution in [1.82, 2.24) is 0 Å². The van der Waals surface area contributed by atoms with Crippen molar-refractivity contribution in [2.75, 3.05) is 28.7 Å². The SMILES string of the molecule is CCOC(=O)c1ccc(NC(=O)CS(=O)CC(=O)Nc2ccccc2)cc1. The molecule has 2 amide bonds. The van der Waals surface area contributed by atoms with Crippen molar-refractivity contribution in [1.29, 1.82) is 0 Å². The number of anilines is 2. The Labute approximate surface area is 159 Å². The standard InChI is InChI=1S/C19H20N2O5S/c1-2-26-19(24)14-8-10-16(11-9-14)21-18(23)13-27(25)12-17(22)20-15-6-4-3-5-7-15/h3-11H,2,12-13H2,1H3,(H,20,22)(H,21,23). The van der Waals surface area contributed by atoms with Crippen LogP contribution < -0.4 is 10.6 Å². The average Bonchev–Trinajstić information content (AvgIpc) is 2.63. The maximum atomic E-state index is 12.0. The van der Waals surface area contributed by atoms with Crippen molar-refractivity contribution in [2.24, 2.45) is 0 Å².